The Morgan fingerprint density at radius 2 is 1.57 bits per heavy atom. The Kier molecular flexibility index (Phi) is 16.3. The van der Waals surface area contributed by atoms with E-state index in [-0.39, 0.29) is 24.7 Å². The number of nitrogens with zero attached hydrogens (tertiary/aromatic N) is 3. The van der Waals surface area contributed by atoms with Gasteiger partial charge in [-0.3, -0.25) is 33.3 Å². The summed E-state index contributed by atoms with van der Waals surface area (Å²) in [6, 6.07) is 2.83. The molecule has 2 aromatic rings. The molecule has 1 aliphatic heterocycles. The summed E-state index contributed by atoms with van der Waals surface area (Å²) in [6.45, 7) is 9.47. The lowest BCUT2D eigenvalue weighted by molar-refractivity contribution is -0.139. The van der Waals surface area contributed by atoms with E-state index >= 15 is 0 Å². The Morgan fingerprint density at radius 1 is 0.964 bits per heavy atom. The van der Waals surface area contributed by atoms with Gasteiger partial charge in [0.05, 0.1) is 19.0 Å². The first-order valence-electron chi connectivity index (χ1n) is 18.3. The van der Waals surface area contributed by atoms with Crippen LogP contribution in [0.25, 0.3) is 0 Å². The minimum absolute atomic E-state index is 0.0938. The molecule has 2 heterocycles. The maximum atomic E-state index is 14.1. The number of rotatable bonds is 20. The van der Waals surface area contributed by atoms with Gasteiger partial charge >= 0.3 is 7.82 Å². The number of nitrogens with one attached hydrogen (secondary N) is 4. The summed E-state index contributed by atoms with van der Waals surface area (Å²) < 4.78 is 17.7. The number of aliphatic hydroxyl groups excluding tert-OH is 1. The first kappa shape index (κ1) is 45.7. The number of phosphoric acid groups is 1. The highest BCUT2D eigenvalue weighted by Gasteiger charge is 2.38. The van der Waals surface area contributed by atoms with Gasteiger partial charge in [0.25, 0.3) is 0 Å². The molecule has 1 fully saturated rings. The summed E-state index contributed by atoms with van der Waals surface area (Å²) in [5.74, 6) is -4.92. The van der Waals surface area contributed by atoms with Gasteiger partial charge in [-0.25, -0.2) is 9.55 Å². The molecule has 1 aromatic heterocycles. The number of carbonyl (C=O) groups is 6. The second-order valence-electron chi connectivity index (χ2n) is 15.0. The Balaban J connectivity index is 1.94. The van der Waals surface area contributed by atoms with Crippen molar-refractivity contribution in [1.29, 1.82) is 0 Å². The number of aliphatic hydroxyl groups is 1. The van der Waals surface area contributed by atoms with E-state index in [1.807, 2.05) is 62.6 Å². The maximum absolute atomic E-state index is 14.1. The molecule has 6 unspecified atom stereocenters. The molecule has 9 N–H and O–H groups in total. The third-order valence-corrected chi connectivity index (χ3v) is 9.99. The summed E-state index contributed by atoms with van der Waals surface area (Å²) in [4.78, 5) is 103. The fraction of sp³-hybridized carbons (Fsp3) is 0.583. The summed E-state index contributed by atoms with van der Waals surface area (Å²) in [5.41, 5.74) is 6.30. The van der Waals surface area contributed by atoms with Crippen molar-refractivity contribution in [2.24, 2.45) is 11.7 Å². The third-order valence-electron chi connectivity index (χ3n) is 9.39. The largest absolute Gasteiger partial charge is 0.469 e. The number of benzene rings is 1. The number of aromatic nitrogens is 2. The van der Waals surface area contributed by atoms with Gasteiger partial charge in [0.1, 0.15) is 30.2 Å². The van der Waals surface area contributed by atoms with Crippen molar-refractivity contribution in [2.75, 3.05) is 13.2 Å². The first-order chi connectivity index (χ1) is 26.1. The van der Waals surface area contributed by atoms with Crippen molar-refractivity contribution in [3.05, 3.63) is 54.1 Å². The van der Waals surface area contributed by atoms with Crippen LogP contribution in [-0.2, 0) is 56.2 Å². The molecule has 1 aliphatic rings. The van der Waals surface area contributed by atoms with Crippen LogP contribution < -0.4 is 27.0 Å². The molecule has 19 nitrogen and oxygen atoms in total. The van der Waals surface area contributed by atoms with Crippen LogP contribution >= 0.6 is 7.82 Å². The van der Waals surface area contributed by atoms with Crippen molar-refractivity contribution in [2.45, 2.75) is 115 Å². The molecule has 310 valence electrons. The van der Waals surface area contributed by atoms with E-state index in [1.165, 1.54) is 18.0 Å². The van der Waals surface area contributed by atoms with Gasteiger partial charge in [0.2, 0.25) is 35.4 Å². The van der Waals surface area contributed by atoms with E-state index in [2.05, 4.69) is 30.8 Å². The molecular weight excluding hydrogens is 751 g/mol. The van der Waals surface area contributed by atoms with E-state index in [9.17, 15) is 48.2 Å². The summed E-state index contributed by atoms with van der Waals surface area (Å²) in [7, 11) is -5.11. The molecule has 0 bridgehead atoms. The fourth-order valence-electron chi connectivity index (χ4n) is 6.69. The number of nitrogens with two attached hydrogens (primary N) is 1. The quantitative estimate of drug-likeness (QED) is 0.0777. The SMILES string of the molecule is CC(=O)N1CCCC1C(=O)NC(CC(C)C)C(=O)NC(Cc1cncn1C(C)(C)Cc1ccccc1)C(=O)NC(CO)C(=O)NC(C(N)=O)C(C)OP(=O)(O)O. The van der Waals surface area contributed by atoms with Gasteiger partial charge < -0.3 is 51.4 Å². The molecule has 0 aliphatic carbocycles. The molecule has 0 saturated carbocycles. The molecule has 6 atom stereocenters. The molecule has 3 rings (SSSR count). The standard InChI is InChI=1S/C36H55N8O11P/c1-21(2)15-26(40-35(51)29-13-10-14-43(29)23(4)46)32(48)39-27(16-25-18-38-20-44(25)36(5,6)17-24-11-8-7-9-12-24)33(49)41-28(19-45)34(50)42-30(31(37)47)22(3)55-56(52,53)54/h7-9,11-12,18,20-22,26-30,45H,10,13-17,19H2,1-6H3,(H2,37,47)(H,39,48)(H,40,51)(H,41,49)(H,42,50)(H2,52,53,54). The van der Waals surface area contributed by atoms with Crippen LogP contribution in [0.2, 0.25) is 0 Å². The average Bonchev–Trinajstić information content (AvgIpc) is 3.79. The third kappa shape index (κ3) is 13.2. The van der Waals surface area contributed by atoms with Crippen molar-refractivity contribution in [3.8, 4) is 0 Å². The highest BCUT2D eigenvalue weighted by atomic mass is 31.2. The Morgan fingerprint density at radius 3 is 2.14 bits per heavy atom. The lowest BCUT2D eigenvalue weighted by atomic mass is 9.94. The number of amides is 6. The van der Waals surface area contributed by atoms with Crippen molar-refractivity contribution < 1.29 is 52.7 Å². The zero-order chi connectivity index (χ0) is 42.0. The number of primary amides is 1. The second-order valence-corrected chi connectivity index (χ2v) is 16.2. The Bertz CT molecular complexity index is 1750. The van der Waals surface area contributed by atoms with Crippen LogP contribution in [0.3, 0.4) is 0 Å². The fourth-order valence-corrected chi connectivity index (χ4v) is 7.25. The number of likely N-dealkylation sites (tertiary alicyclic amines) is 1. The van der Waals surface area contributed by atoms with Gasteiger partial charge in [-0.1, -0.05) is 44.2 Å². The van der Waals surface area contributed by atoms with Crippen LogP contribution in [-0.4, -0.2) is 114 Å². The topological polar surface area (TPSA) is 285 Å². The molecule has 6 amide bonds. The molecule has 20 heteroatoms. The zero-order valence-electron chi connectivity index (χ0n) is 32.5. The predicted molar refractivity (Wildman–Crippen MR) is 202 cm³/mol. The number of hydrogen-bond donors (Lipinski definition) is 8. The van der Waals surface area contributed by atoms with Crippen molar-refractivity contribution in [3.63, 3.8) is 0 Å². The molecule has 1 saturated heterocycles. The van der Waals surface area contributed by atoms with Crippen LogP contribution in [0, 0.1) is 5.92 Å². The molecule has 1 aromatic carbocycles. The highest BCUT2D eigenvalue weighted by Crippen LogP contribution is 2.38. The first-order valence-corrected chi connectivity index (χ1v) is 19.8. The normalized spacial score (nSPS) is 17.3. The minimum Gasteiger partial charge on any atom is -0.394 e. The van der Waals surface area contributed by atoms with Crippen LogP contribution in [0.5, 0.6) is 0 Å². The van der Waals surface area contributed by atoms with E-state index in [4.69, 9.17) is 5.73 Å². The molecule has 0 radical (unpaired) electrons. The number of phosphoric ester groups is 1. The number of hydrogen-bond acceptors (Lipinski definition) is 10. The van der Waals surface area contributed by atoms with Gasteiger partial charge in [-0.05, 0) is 57.9 Å². The summed E-state index contributed by atoms with van der Waals surface area (Å²) >= 11 is 0. The van der Waals surface area contributed by atoms with E-state index < -0.39 is 85.8 Å². The van der Waals surface area contributed by atoms with Crippen LogP contribution in [0.4, 0.5) is 0 Å². The summed E-state index contributed by atoms with van der Waals surface area (Å²) in [6.07, 6.45) is 3.11. The van der Waals surface area contributed by atoms with E-state index in [0.29, 0.717) is 31.5 Å². The van der Waals surface area contributed by atoms with E-state index in [1.54, 1.807) is 6.33 Å². The second kappa shape index (κ2) is 20.0. The maximum Gasteiger partial charge on any atom is 0.469 e. The van der Waals surface area contributed by atoms with Gasteiger partial charge in [-0.2, -0.15) is 0 Å². The monoisotopic (exact) mass is 806 g/mol. The van der Waals surface area contributed by atoms with Crippen molar-refractivity contribution >= 4 is 43.3 Å². The van der Waals surface area contributed by atoms with E-state index in [0.717, 1.165) is 12.5 Å². The minimum atomic E-state index is -5.11. The van der Waals surface area contributed by atoms with Crippen LogP contribution in [0.1, 0.15) is 72.1 Å². The lowest BCUT2D eigenvalue weighted by Crippen LogP contribution is -2.61. The predicted octanol–water partition coefficient (Wildman–Crippen LogP) is -0.625. The average molecular weight is 807 g/mol. The number of carbonyl (C=O) groups excluding carboxylic acids is 6. The lowest BCUT2D eigenvalue weighted by Gasteiger charge is -2.31. The number of imidazole rings is 1. The Hall–Kier alpha value is -4.68. The zero-order valence-corrected chi connectivity index (χ0v) is 33.4. The Labute approximate surface area is 325 Å². The van der Waals surface area contributed by atoms with Gasteiger partial charge in [0.15, 0.2) is 0 Å². The van der Waals surface area contributed by atoms with Gasteiger partial charge in [0, 0.05) is 37.3 Å². The van der Waals surface area contributed by atoms with Crippen molar-refractivity contribution in [1.82, 2.24) is 35.7 Å². The molecular formula is C36H55N8O11P. The van der Waals surface area contributed by atoms with Crippen LogP contribution in [0.15, 0.2) is 42.9 Å². The molecule has 0 spiro atoms. The smallest absolute Gasteiger partial charge is 0.394 e. The van der Waals surface area contributed by atoms with Gasteiger partial charge in [-0.15, -0.1) is 0 Å². The highest BCUT2D eigenvalue weighted by molar-refractivity contribution is 7.46. The summed E-state index contributed by atoms with van der Waals surface area (Å²) in [5, 5.41) is 20.1. The molecule has 56 heavy (non-hydrogen) atoms.